The SMILES string of the molecule is CC(C)CN1CCC(CNC(=O)NC(CCO)C(C)C)C1. The van der Waals surface area contributed by atoms with Crippen LogP contribution in [-0.4, -0.2) is 54.9 Å². The Labute approximate surface area is 129 Å². The highest BCUT2D eigenvalue weighted by molar-refractivity contribution is 5.74. The highest BCUT2D eigenvalue weighted by Crippen LogP contribution is 2.16. The van der Waals surface area contributed by atoms with Crippen molar-refractivity contribution in [3.63, 3.8) is 0 Å². The zero-order valence-electron chi connectivity index (χ0n) is 14.1. The number of carbonyl (C=O) groups excluding carboxylic acids is 1. The molecule has 0 bridgehead atoms. The van der Waals surface area contributed by atoms with Crippen molar-refractivity contribution in [3.05, 3.63) is 0 Å². The number of hydrogen-bond acceptors (Lipinski definition) is 3. The van der Waals surface area contributed by atoms with Crippen LogP contribution >= 0.6 is 0 Å². The molecule has 2 amide bonds. The van der Waals surface area contributed by atoms with Crippen LogP contribution in [0.2, 0.25) is 0 Å². The molecule has 0 radical (unpaired) electrons. The van der Waals surface area contributed by atoms with Crippen molar-refractivity contribution in [2.24, 2.45) is 17.8 Å². The molecule has 21 heavy (non-hydrogen) atoms. The predicted octanol–water partition coefficient (Wildman–Crippen LogP) is 1.67. The molecule has 5 heteroatoms. The van der Waals surface area contributed by atoms with E-state index < -0.39 is 0 Å². The molecule has 2 atom stereocenters. The molecule has 124 valence electrons. The van der Waals surface area contributed by atoms with Crippen LogP contribution in [0.25, 0.3) is 0 Å². The Balaban J connectivity index is 2.24. The van der Waals surface area contributed by atoms with Gasteiger partial charge in [0.15, 0.2) is 0 Å². The monoisotopic (exact) mass is 299 g/mol. The van der Waals surface area contributed by atoms with E-state index in [1.54, 1.807) is 0 Å². The third kappa shape index (κ3) is 7.14. The van der Waals surface area contributed by atoms with Crippen molar-refractivity contribution >= 4 is 6.03 Å². The summed E-state index contributed by atoms with van der Waals surface area (Å²) in [5.41, 5.74) is 0. The van der Waals surface area contributed by atoms with Gasteiger partial charge in [-0.2, -0.15) is 0 Å². The van der Waals surface area contributed by atoms with Crippen LogP contribution in [-0.2, 0) is 0 Å². The second-order valence-electron chi connectivity index (χ2n) is 7.03. The molecule has 1 aliphatic rings. The Morgan fingerprint density at radius 3 is 2.62 bits per heavy atom. The maximum atomic E-state index is 11.9. The summed E-state index contributed by atoms with van der Waals surface area (Å²) in [5, 5.41) is 15.0. The Morgan fingerprint density at radius 2 is 2.05 bits per heavy atom. The molecule has 2 unspecified atom stereocenters. The number of hydrogen-bond donors (Lipinski definition) is 3. The van der Waals surface area contributed by atoms with E-state index in [-0.39, 0.29) is 18.7 Å². The summed E-state index contributed by atoms with van der Waals surface area (Å²) in [6.45, 7) is 12.8. The number of nitrogens with zero attached hydrogens (tertiary/aromatic N) is 1. The van der Waals surface area contributed by atoms with Gasteiger partial charge in [-0.3, -0.25) is 0 Å². The van der Waals surface area contributed by atoms with Gasteiger partial charge in [-0.05, 0) is 37.1 Å². The number of urea groups is 1. The lowest BCUT2D eigenvalue weighted by Crippen LogP contribution is -2.46. The van der Waals surface area contributed by atoms with Crippen LogP contribution in [0.4, 0.5) is 4.79 Å². The number of nitrogens with one attached hydrogen (secondary N) is 2. The van der Waals surface area contributed by atoms with Gasteiger partial charge in [0.1, 0.15) is 0 Å². The second-order valence-corrected chi connectivity index (χ2v) is 7.03. The Bertz CT molecular complexity index is 308. The first-order valence-electron chi connectivity index (χ1n) is 8.30. The van der Waals surface area contributed by atoms with Crippen molar-refractivity contribution in [2.75, 3.05) is 32.8 Å². The summed E-state index contributed by atoms with van der Waals surface area (Å²) < 4.78 is 0. The van der Waals surface area contributed by atoms with E-state index in [1.165, 1.54) is 0 Å². The molecular formula is C16H33N3O2. The number of aliphatic hydroxyl groups excluding tert-OH is 1. The third-order valence-electron chi connectivity index (χ3n) is 4.11. The highest BCUT2D eigenvalue weighted by Gasteiger charge is 2.23. The molecule has 1 aliphatic heterocycles. The molecule has 1 fully saturated rings. The predicted molar refractivity (Wildman–Crippen MR) is 86.2 cm³/mol. The van der Waals surface area contributed by atoms with Crippen LogP contribution in [0.15, 0.2) is 0 Å². The molecule has 1 saturated heterocycles. The molecule has 1 heterocycles. The Kier molecular flexibility index (Phi) is 8.04. The molecule has 0 aromatic heterocycles. The van der Waals surface area contributed by atoms with Crippen molar-refractivity contribution in [1.82, 2.24) is 15.5 Å². The van der Waals surface area contributed by atoms with Gasteiger partial charge < -0.3 is 20.6 Å². The van der Waals surface area contributed by atoms with Crippen molar-refractivity contribution in [3.8, 4) is 0 Å². The molecule has 0 aromatic carbocycles. The summed E-state index contributed by atoms with van der Waals surface area (Å²) in [6.07, 6.45) is 1.77. The summed E-state index contributed by atoms with van der Waals surface area (Å²) in [4.78, 5) is 14.4. The second kappa shape index (κ2) is 9.26. The van der Waals surface area contributed by atoms with Gasteiger partial charge in [0.05, 0.1) is 0 Å². The van der Waals surface area contributed by atoms with E-state index in [0.29, 0.717) is 24.2 Å². The van der Waals surface area contributed by atoms with Crippen molar-refractivity contribution < 1.29 is 9.90 Å². The topological polar surface area (TPSA) is 64.6 Å². The maximum Gasteiger partial charge on any atom is 0.315 e. The van der Waals surface area contributed by atoms with E-state index in [4.69, 9.17) is 5.11 Å². The largest absolute Gasteiger partial charge is 0.396 e. The average molecular weight is 299 g/mol. The minimum atomic E-state index is -0.107. The fraction of sp³-hybridized carbons (Fsp3) is 0.938. The maximum absolute atomic E-state index is 11.9. The van der Waals surface area contributed by atoms with E-state index in [0.717, 1.165) is 32.6 Å². The molecule has 0 spiro atoms. The first-order chi connectivity index (χ1) is 9.92. The summed E-state index contributed by atoms with van der Waals surface area (Å²) in [7, 11) is 0. The normalized spacial score (nSPS) is 21.0. The van der Waals surface area contributed by atoms with Crippen LogP contribution in [0.5, 0.6) is 0 Å². The lowest BCUT2D eigenvalue weighted by molar-refractivity contribution is 0.217. The van der Waals surface area contributed by atoms with Crippen LogP contribution in [0.3, 0.4) is 0 Å². The summed E-state index contributed by atoms with van der Waals surface area (Å²) >= 11 is 0. The van der Waals surface area contributed by atoms with Crippen molar-refractivity contribution in [1.29, 1.82) is 0 Å². The van der Waals surface area contributed by atoms with E-state index in [2.05, 4.69) is 43.2 Å². The lowest BCUT2D eigenvalue weighted by Gasteiger charge is -2.22. The molecular weight excluding hydrogens is 266 g/mol. The van der Waals surface area contributed by atoms with Gasteiger partial charge in [-0.15, -0.1) is 0 Å². The van der Waals surface area contributed by atoms with Crippen LogP contribution in [0, 0.1) is 17.8 Å². The lowest BCUT2D eigenvalue weighted by atomic mass is 10.0. The van der Waals surface area contributed by atoms with E-state index in [9.17, 15) is 4.79 Å². The molecule has 0 saturated carbocycles. The molecule has 3 N–H and O–H groups in total. The highest BCUT2D eigenvalue weighted by atomic mass is 16.3. The third-order valence-corrected chi connectivity index (χ3v) is 4.11. The Morgan fingerprint density at radius 1 is 1.33 bits per heavy atom. The molecule has 1 rings (SSSR count). The van der Waals surface area contributed by atoms with E-state index >= 15 is 0 Å². The smallest absolute Gasteiger partial charge is 0.315 e. The van der Waals surface area contributed by atoms with Gasteiger partial charge in [0, 0.05) is 32.3 Å². The molecule has 0 aliphatic carbocycles. The first-order valence-corrected chi connectivity index (χ1v) is 8.30. The number of amides is 2. The standard InChI is InChI=1S/C16H33N3O2/c1-12(2)10-19-7-5-14(11-19)9-17-16(21)18-15(6-8-20)13(3)4/h12-15,20H,5-11H2,1-4H3,(H2,17,18,21). The molecule has 0 aromatic rings. The number of rotatable bonds is 8. The number of likely N-dealkylation sites (tertiary alicyclic amines) is 1. The van der Waals surface area contributed by atoms with Crippen LogP contribution in [0.1, 0.15) is 40.5 Å². The zero-order chi connectivity index (χ0) is 15.8. The van der Waals surface area contributed by atoms with Gasteiger partial charge >= 0.3 is 6.03 Å². The number of carbonyl (C=O) groups is 1. The quantitative estimate of drug-likeness (QED) is 0.639. The zero-order valence-corrected chi connectivity index (χ0v) is 14.1. The fourth-order valence-electron chi connectivity index (χ4n) is 2.93. The van der Waals surface area contributed by atoms with Gasteiger partial charge in [-0.25, -0.2) is 4.79 Å². The van der Waals surface area contributed by atoms with Gasteiger partial charge in [0.2, 0.25) is 0 Å². The summed E-state index contributed by atoms with van der Waals surface area (Å²) in [6, 6.07) is -0.0690. The molecule has 5 nitrogen and oxygen atoms in total. The fourth-order valence-corrected chi connectivity index (χ4v) is 2.93. The Hall–Kier alpha value is -0.810. The van der Waals surface area contributed by atoms with Gasteiger partial charge in [-0.1, -0.05) is 27.7 Å². The van der Waals surface area contributed by atoms with Crippen LogP contribution < -0.4 is 10.6 Å². The number of aliphatic hydroxyl groups is 1. The van der Waals surface area contributed by atoms with Crippen molar-refractivity contribution in [2.45, 2.75) is 46.6 Å². The first kappa shape index (κ1) is 18.2. The average Bonchev–Trinajstić information content (AvgIpc) is 2.82. The minimum Gasteiger partial charge on any atom is -0.396 e. The van der Waals surface area contributed by atoms with E-state index in [1.807, 2.05) is 0 Å². The summed E-state index contributed by atoms with van der Waals surface area (Å²) in [5.74, 6) is 1.59. The minimum absolute atomic E-state index is 0.0380. The van der Waals surface area contributed by atoms with Gasteiger partial charge in [0.25, 0.3) is 0 Å².